The molecule has 0 radical (unpaired) electrons. The lowest BCUT2D eigenvalue weighted by atomic mass is 10.1. The van der Waals surface area contributed by atoms with E-state index in [4.69, 9.17) is 0 Å². The van der Waals surface area contributed by atoms with Crippen LogP contribution < -0.4 is 10.6 Å². The zero-order valence-corrected chi connectivity index (χ0v) is 17.5. The van der Waals surface area contributed by atoms with E-state index in [1.54, 1.807) is 0 Å². The Balaban J connectivity index is 1.36. The van der Waals surface area contributed by atoms with Crippen molar-refractivity contribution in [3.63, 3.8) is 0 Å². The molecule has 2 amide bonds. The minimum atomic E-state index is -0.303. The van der Waals surface area contributed by atoms with Crippen molar-refractivity contribution in [2.75, 3.05) is 6.54 Å². The van der Waals surface area contributed by atoms with Gasteiger partial charge in [0.05, 0.1) is 23.3 Å². The van der Waals surface area contributed by atoms with Crippen LogP contribution in [0.1, 0.15) is 40.8 Å². The van der Waals surface area contributed by atoms with E-state index in [9.17, 15) is 9.59 Å². The minimum absolute atomic E-state index is 0.0971. The number of imidazole rings is 1. The molecule has 4 rings (SSSR count). The summed E-state index contributed by atoms with van der Waals surface area (Å²) in [5.74, 6) is 0.322. The average Bonchev–Trinajstić information content (AvgIpc) is 3.27. The number of hydrogen-bond acceptors (Lipinski definition) is 5. The van der Waals surface area contributed by atoms with Crippen LogP contribution in [0.25, 0.3) is 11.0 Å². The minimum Gasteiger partial charge on any atom is -0.351 e. The van der Waals surface area contributed by atoms with Crippen molar-refractivity contribution in [3.8, 4) is 0 Å². The SMILES string of the molecule is O=C(CCCNC(=O)c1cnccn1)NC(Cc1ccccc1)c1nc2ccccc2[nH]1. The van der Waals surface area contributed by atoms with Crippen molar-refractivity contribution < 1.29 is 9.59 Å². The first-order valence-electron chi connectivity index (χ1n) is 10.5. The lowest BCUT2D eigenvalue weighted by Crippen LogP contribution is -2.32. The number of nitrogens with one attached hydrogen (secondary N) is 3. The zero-order valence-electron chi connectivity index (χ0n) is 17.5. The third kappa shape index (κ3) is 5.54. The van der Waals surface area contributed by atoms with Crippen molar-refractivity contribution in [1.82, 2.24) is 30.6 Å². The number of fused-ring (bicyclic) bond motifs is 1. The molecule has 2 aromatic heterocycles. The number of nitrogens with zero attached hydrogens (tertiary/aromatic N) is 3. The van der Waals surface area contributed by atoms with Gasteiger partial charge >= 0.3 is 0 Å². The number of para-hydroxylation sites is 2. The van der Waals surface area contributed by atoms with Crippen LogP contribution in [0.2, 0.25) is 0 Å². The third-order valence-corrected chi connectivity index (χ3v) is 5.02. The fourth-order valence-electron chi connectivity index (χ4n) is 3.43. The molecule has 0 fully saturated rings. The molecular weight excluding hydrogens is 404 g/mol. The molecule has 3 N–H and O–H groups in total. The Labute approximate surface area is 185 Å². The maximum Gasteiger partial charge on any atom is 0.271 e. The van der Waals surface area contributed by atoms with E-state index in [0.717, 1.165) is 22.4 Å². The number of amides is 2. The molecule has 4 aromatic rings. The van der Waals surface area contributed by atoms with Gasteiger partial charge in [0.1, 0.15) is 11.5 Å². The summed E-state index contributed by atoms with van der Waals surface area (Å²) in [5.41, 5.74) is 3.15. The molecule has 2 heterocycles. The van der Waals surface area contributed by atoms with Gasteiger partial charge in [0.25, 0.3) is 5.91 Å². The predicted molar refractivity (Wildman–Crippen MR) is 121 cm³/mol. The molecule has 0 aliphatic rings. The van der Waals surface area contributed by atoms with Crippen LogP contribution in [-0.2, 0) is 11.2 Å². The van der Waals surface area contributed by atoms with Gasteiger partial charge in [-0.05, 0) is 30.5 Å². The summed E-state index contributed by atoms with van der Waals surface area (Å²) in [7, 11) is 0. The normalized spacial score (nSPS) is 11.8. The van der Waals surface area contributed by atoms with E-state index in [1.807, 2.05) is 54.6 Å². The van der Waals surface area contributed by atoms with E-state index in [1.165, 1.54) is 18.6 Å². The van der Waals surface area contributed by atoms with Gasteiger partial charge < -0.3 is 15.6 Å². The first kappa shape index (κ1) is 21.2. The second kappa shape index (κ2) is 10.3. The lowest BCUT2D eigenvalue weighted by Gasteiger charge is -2.17. The van der Waals surface area contributed by atoms with E-state index < -0.39 is 0 Å². The van der Waals surface area contributed by atoms with Crippen LogP contribution in [0.15, 0.2) is 73.2 Å². The largest absolute Gasteiger partial charge is 0.351 e. The summed E-state index contributed by atoms with van der Waals surface area (Å²) < 4.78 is 0. The second-order valence-electron chi connectivity index (χ2n) is 7.40. The molecule has 0 aliphatic heterocycles. The Hall–Kier alpha value is -4.07. The molecule has 0 spiro atoms. The number of aromatic nitrogens is 4. The second-order valence-corrected chi connectivity index (χ2v) is 7.40. The number of aromatic amines is 1. The fourth-order valence-corrected chi connectivity index (χ4v) is 3.43. The highest BCUT2D eigenvalue weighted by Crippen LogP contribution is 2.20. The summed E-state index contributed by atoms with van der Waals surface area (Å²) in [6.45, 7) is 0.372. The third-order valence-electron chi connectivity index (χ3n) is 5.02. The van der Waals surface area contributed by atoms with Crippen LogP contribution in [0.4, 0.5) is 0 Å². The highest BCUT2D eigenvalue weighted by Gasteiger charge is 2.19. The number of rotatable bonds is 9. The van der Waals surface area contributed by atoms with Crippen LogP contribution in [0.5, 0.6) is 0 Å². The van der Waals surface area contributed by atoms with Gasteiger partial charge in [-0.15, -0.1) is 0 Å². The van der Waals surface area contributed by atoms with Crippen molar-refractivity contribution in [2.45, 2.75) is 25.3 Å². The number of carbonyl (C=O) groups is 2. The van der Waals surface area contributed by atoms with Gasteiger partial charge in [0, 0.05) is 25.4 Å². The molecular formula is C24H24N6O2. The highest BCUT2D eigenvalue weighted by atomic mass is 16.2. The molecule has 0 saturated heterocycles. The lowest BCUT2D eigenvalue weighted by molar-refractivity contribution is -0.122. The van der Waals surface area contributed by atoms with Gasteiger partial charge in [-0.1, -0.05) is 42.5 Å². The van der Waals surface area contributed by atoms with Crippen molar-refractivity contribution >= 4 is 22.8 Å². The molecule has 1 atom stereocenters. The molecule has 162 valence electrons. The molecule has 1 unspecified atom stereocenters. The van der Waals surface area contributed by atoms with Gasteiger partial charge in [-0.25, -0.2) is 9.97 Å². The van der Waals surface area contributed by atoms with Crippen LogP contribution in [0, 0.1) is 0 Å². The van der Waals surface area contributed by atoms with E-state index in [0.29, 0.717) is 19.4 Å². The van der Waals surface area contributed by atoms with Crippen LogP contribution >= 0.6 is 0 Å². The van der Waals surface area contributed by atoms with Crippen LogP contribution in [-0.4, -0.2) is 38.3 Å². The molecule has 0 bridgehead atoms. The predicted octanol–water partition coefficient (Wildman–Crippen LogP) is 2.96. The molecule has 8 heteroatoms. The first-order valence-corrected chi connectivity index (χ1v) is 10.5. The van der Waals surface area contributed by atoms with Crippen LogP contribution in [0.3, 0.4) is 0 Å². The average molecular weight is 428 g/mol. The van der Waals surface area contributed by atoms with E-state index in [2.05, 4.69) is 30.6 Å². The topological polar surface area (TPSA) is 113 Å². The Morgan fingerprint density at radius 2 is 1.81 bits per heavy atom. The summed E-state index contributed by atoms with van der Waals surface area (Å²) in [6, 6.07) is 17.5. The Morgan fingerprint density at radius 1 is 1.00 bits per heavy atom. The highest BCUT2D eigenvalue weighted by molar-refractivity contribution is 5.91. The Kier molecular flexibility index (Phi) is 6.81. The smallest absolute Gasteiger partial charge is 0.271 e. The number of H-pyrrole nitrogens is 1. The summed E-state index contributed by atoms with van der Waals surface area (Å²) in [5, 5.41) is 5.85. The van der Waals surface area contributed by atoms with Gasteiger partial charge in [-0.2, -0.15) is 0 Å². The van der Waals surface area contributed by atoms with E-state index in [-0.39, 0.29) is 30.0 Å². The molecule has 2 aromatic carbocycles. The number of carbonyl (C=O) groups excluding carboxylic acids is 2. The maximum absolute atomic E-state index is 12.7. The fraction of sp³-hybridized carbons (Fsp3) is 0.208. The molecule has 0 saturated carbocycles. The summed E-state index contributed by atoms with van der Waals surface area (Å²) in [6.07, 6.45) is 5.80. The first-order chi connectivity index (χ1) is 15.7. The van der Waals surface area contributed by atoms with Crippen molar-refractivity contribution in [1.29, 1.82) is 0 Å². The quantitative estimate of drug-likeness (QED) is 0.355. The Bertz CT molecular complexity index is 1140. The van der Waals surface area contributed by atoms with Gasteiger partial charge in [0.15, 0.2) is 0 Å². The number of hydrogen-bond donors (Lipinski definition) is 3. The van der Waals surface area contributed by atoms with Gasteiger partial charge in [0.2, 0.25) is 5.91 Å². The zero-order chi connectivity index (χ0) is 22.2. The summed E-state index contributed by atoms with van der Waals surface area (Å²) in [4.78, 5) is 40.5. The maximum atomic E-state index is 12.7. The molecule has 0 aliphatic carbocycles. The van der Waals surface area contributed by atoms with Gasteiger partial charge in [-0.3, -0.25) is 14.6 Å². The molecule has 8 nitrogen and oxygen atoms in total. The van der Waals surface area contributed by atoms with Crippen molar-refractivity contribution in [3.05, 3.63) is 90.3 Å². The standard InChI is InChI=1S/C24H24N6O2/c31-22(11-6-12-27-24(32)21-16-25-13-14-26-21)28-20(15-17-7-2-1-3-8-17)23-29-18-9-4-5-10-19(18)30-23/h1-5,7-10,13-14,16,20H,6,11-12,15H2,(H,27,32)(H,28,31)(H,29,30). The Morgan fingerprint density at radius 3 is 2.59 bits per heavy atom. The monoisotopic (exact) mass is 428 g/mol. The van der Waals surface area contributed by atoms with E-state index >= 15 is 0 Å². The summed E-state index contributed by atoms with van der Waals surface area (Å²) >= 11 is 0. The molecule has 32 heavy (non-hydrogen) atoms. The number of benzene rings is 2. The van der Waals surface area contributed by atoms with Crippen molar-refractivity contribution in [2.24, 2.45) is 0 Å².